The molecule has 0 bridgehead atoms. The smallest absolute Gasteiger partial charge is 0.204 e. The third kappa shape index (κ3) is 4.83. The highest BCUT2D eigenvalue weighted by atomic mass is 35.5. The SMILES string of the molecule is O=C(Cc1c(Cl)cncc1Cl)c1ccc(O)c2c1OCCCOCCCO2. The van der Waals surface area contributed by atoms with Crippen LogP contribution in [0.15, 0.2) is 24.5 Å². The summed E-state index contributed by atoms with van der Waals surface area (Å²) < 4.78 is 16.9. The fraction of sp³-hybridized carbons (Fsp3) is 0.368. The second kappa shape index (κ2) is 9.26. The second-order valence-electron chi connectivity index (χ2n) is 5.99. The van der Waals surface area contributed by atoms with Crippen LogP contribution in [-0.4, -0.2) is 42.3 Å². The summed E-state index contributed by atoms with van der Waals surface area (Å²) in [6.07, 6.45) is 4.18. The van der Waals surface area contributed by atoms with Crippen molar-refractivity contribution in [2.24, 2.45) is 0 Å². The normalized spacial score (nSPS) is 15.0. The van der Waals surface area contributed by atoms with Crippen molar-refractivity contribution in [2.45, 2.75) is 19.3 Å². The van der Waals surface area contributed by atoms with Gasteiger partial charge in [-0.15, -0.1) is 0 Å². The van der Waals surface area contributed by atoms with Gasteiger partial charge in [0, 0.05) is 50.4 Å². The summed E-state index contributed by atoms with van der Waals surface area (Å²) in [5.74, 6) is 0.0514. The fourth-order valence-corrected chi connectivity index (χ4v) is 3.19. The van der Waals surface area contributed by atoms with Gasteiger partial charge in [0.2, 0.25) is 5.75 Å². The molecule has 0 atom stereocenters. The molecule has 27 heavy (non-hydrogen) atoms. The number of halogens is 2. The Morgan fingerprint density at radius 2 is 1.63 bits per heavy atom. The van der Waals surface area contributed by atoms with Crippen LogP contribution >= 0.6 is 23.2 Å². The summed E-state index contributed by atoms with van der Waals surface area (Å²) in [6, 6.07) is 2.93. The Labute approximate surface area is 167 Å². The summed E-state index contributed by atoms with van der Waals surface area (Å²) in [5.41, 5.74) is 0.790. The number of phenols is 1. The quantitative estimate of drug-likeness (QED) is 0.766. The maximum absolute atomic E-state index is 12.9. The summed E-state index contributed by atoms with van der Waals surface area (Å²) in [6.45, 7) is 1.79. The standard InChI is InChI=1S/C19H19Cl2NO5/c20-14-10-22-11-15(21)13(14)9-17(24)12-3-4-16(23)19-18(12)26-7-1-5-25-6-2-8-27-19/h3-4,10-11,23H,1-2,5-9H2. The molecule has 0 saturated heterocycles. The second-order valence-corrected chi connectivity index (χ2v) is 6.80. The summed E-state index contributed by atoms with van der Waals surface area (Å²) in [7, 11) is 0. The van der Waals surface area contributed by atoms with Gasteiger partial charge in [-0.1, -0.05) is 23.2 Å². The van der Waals surface area contributed by atoms with Gasteiger partial charge in [0.25, 0.3) is 0 Å². The maximum atomic E-state index is 12.9. The Morgan fingerprint density at radius 1 is 1.00 bits per heavy atom. The van der Waals surface area contributed by atoms with Crippen molar-refractivity contribution in [3.63, 3.8) is 0 Å². The summed E-state index contributed by atoms with van der Waals surface area (Å²) in [4.78, 5) is 16.8. The van der Waals surface area contributed by atoms with E-state index in [0.29, 0.717) is 60.4 Å². The molecule has 0 unspecified atom stereocenters. The molecule has 2 aromatic rings. The van der Waals surface area contributed by atoms with Crippen LogP contribution in [0, 0.1) is 0 Å². The number of hydrogen-bond acceptors (Lipinski definition) is 6. The number of phenolic OH excluding ortho intramolecular Hbond substituents is 1. The third-order valence-electron chi connectivity index (χ3n) is 4.04. The molecule has 144 valence electrons. The van der Waals surface area contributed by atoms with Crippen LogP contribution in [0.3, 0.4) is 0 Å². The highest BCUT2D eigenvalue weighted by molar-refractivity contribution is 6.36. The van der Waals surface area contributed by atoms with Gasteiger partial charge >= 0.3 is 0 Å². The molecule has 1 N–H and O–H groups in total. The number of aromatic hydroxyl groups is 1. The van der Waals surface area contributed by atoms with Crippen molar-refractivity contribution in [3.8, 4) is 17.2 Å². The van der Waals surface area contributed by atoms with Gasteiger partial charge in [-0.25, -0.2) is 0 Å². The molecule has 0 saturated carbocycles. The first-order valence-corrected chi connectivity index (χ1v) is 9.34. The average Bonchev–Trinajstić information content (AvgIpc) is 2.70. The lowest BCUT2D eigenvalue weighted by molar-refractivity contribution is 0.0987. The molecule has 1 aliphatic heterocycles. The first-order chi connectivity index (χ1) is 13.1. The topological polar surface area (TPSA) is 77.9 Å². The Morgan fingerprint density at radius 3 is 2.30 bits per heavy atom. The Bertz CT molecular complexity index is 808. The first kappa shape index (κ1) is 19.7. The van der Waals surface area contributed by atoms with Crippen molar-refractivity contribution in [2.75, 3.05) is 26.4 Å². The van der Waals surface area contributed by atoms with E-state index < -0.39 is 0 Å². The fourth-order valence-electron chi connectivity index (χ4n) is 2.69. The average molecular weight is 412 g/mol. The van der Waals surface area contributed by atoms with Gasteiger partial charge in [0.05, 0.1) is 28.8 Å². The summed E-state index contributed by atoms with van der Waals surface area (Å²) in [5, 5.41) is 10.8. The molecule has 3 rings (SSSR count). The van der Waals surface area contributed by atoms with E-state index in [4.69, 9.17) is 37.4 Å². The van der Waals surface area contributed by atoms with Crippen molar-refractivity contribution in [1.29, 1.82) is 0 Å². The minimum atomic E-state index is -0.254. The van der Waals surface area contributed by atoms with Crippen LogP contribution < -0.4 is 9.47 Å². The highest BCUT2D eigenvalue weighted by Gasteiger charge is 2.23. The number of ketones is 1. The molecule has 0 spiro atoms. The number of benzene rings is 1. The zero-order valence-electron chi connectivity index (χ0n) is 14.5. The maximum Gasteiger partial charge on any atom is 0.204 e. The van der Waals surface area contributed by atoms with Gasteiger partial charge in [0.15, 0.2) is 17.3 Å². The predicted molar refractivity (Wildman–Crippen MR) is 101 cm³/mol. The number of rotatable bonds is 3. The Hall–Kier alpha value is -2.02. The van der Waals surface area contributed by atoms with E-state index in [1.165, 1.54) is 24.5 Å². The van der Waals surface area contributed by atoms with E-state index >= 15 is 0 Å². The van der Waals surface area contributed by atoms with Crippen LogP contribution in [0.25, 0.3) is 0 Å². The van der Waals surface area contributed by atoms with Crippen molar-refractivity contribution in [3.05, 3.63) is 45.7 Å². The number of pyridine rings is 1. The first-order valence-electron chi connectivity index (χ1n) is 8.58. The van der Waals surface area contributed by atoms with E-state index in [1.807, 2.05) is 0 Å². The number of carbonyl (C=O) groups is 1. The van der Waals surface area contributed by atoms with Crippen molar-refractivity contribution >= 4 is 29.0 Å². The number of ether oxygens (including phenoxy) is 3. The molecule has 1 aromatic heterocycles. The molecule has 1 aromatic carbocycles. The van der Waals surface area contributed by atoms with Crippen LogP contribution in [0.2, 0.25) is 10.0 Å². The van der Waals surface area contributed by atoms with E-state index in [9.17, 15) is 9.90 Å². The molecule has 0 aliphatic carbocycles. The molecule has 1 aliphatic rings. The molecule has 2 heterocycles. The van der Waals surface area contributed by atoms with Gasteiger partial charge < -0.3 is 19.3 Å². The number of hydrogen-bond donors (Lipinski definition) is 1. The lowest BCUT2D eigenvalue weighted by Crippen LogP contribution is -2.11. The number of aromatic nitrogens is 1. The van der Waals surface area contributed by atoms with Gasteiger partial charge in [-0.2, -0.15) is 0 Å². The molecular weight excluding hydrogens is 393 g/mol. The molecule has 0 fully saturated rings. The molecule has 6 nitrogen and oxygen atoms in total. The number of nitrogens with zero attached hydrogens (tertiary/aromatic N) is 1. The predicted octanol–water partition coefficient (Wildman–Crippen LogP) is 4.09. The van der Waals surface area contributed by atoms with Gasteiger partial charge in [-0.3, -0.25) is 9.78 Å². The molecule has 8 heteroatoms. The molecule has 0 radical (unpaired) electrons. The van der Waals surface area contributed by atoms with Crippen LogP contribution in [-0.2, 0) is 11.2 Å². The van der Waals surface area contributed by atoms with Crippen LogP contribution in [0.5, 0.6) is 17.2 Å². The van der Waals surface area contributed by atoms with E-state index in [2.05, 4.69) is 4.98 Å². The van der Waals surface area contributed by atoms with Gasteiger partial charge in [-0.05, 0) is 12.1 Å². The van der Waals surface area contributed by atoms with E-state index in [1.54, 1.807) is 0 Å². The Balaban J connectivity index is 1.93. The van der Waals surface area contributed by atoms with Crippen LogP contribution in [0.1, 0.15) is 28.8 Å². The monoisotopic (exact) mass is 411 g/mol. The third-order valence-corrected chi connectivity index (χ3v) is 4.69. The molecule has 0 amide bonds. The zero-order chi connectivity index (χ0) is 19.2. The van der Waals surface area contributed by atoms with Crippen molar-refractivity contribution in [1.82, 2.24) is 4.98 Å². The Kier molecular flexibility index (Phi) is 6.77. The van der Waals surface area contributed by atoms with Crippen LogP contribution in [0.4, 0.5) is 0 Å². The molecular formula is C19H19Cl2NO5. The zero-order valence-corrected chi connectivity index (χ0v) is 16.1. The highest BCUT2D eigenvalue weighted by Crippen LogP contribution is 2.40. The summed E-state index contributed by atoms with van der Waals surface area (Å²) >= 11 is 12.3. The lowest BCUT2D eigenvalue weighted by atomic mass is 10.0. The minimum Gasteiger partial charge on any atom is -0.504 e. The number of Topliss-reactive ketones (excluding diaryl/α,β-unsaturated/α-hetero) is 1. The van der Waals surface area contributed by atoms with Gasteiger partial charge in [0.1, 0.15) is 0 Å². The lowest BCUT2D eigenvalue weighted by Gasteiger charge is -2.17. The van der Waals surface area contributed by atoms with E-state index in [-0.39, 0.29) is 29.5 Å². The van der Waals surface area contributed by atoms with E-state index in [0.717, 1.165) is 0 Å². The number of fused-ring (bicyclic) bond motifs is 1. The number of carbonyl (C=O) groups excluding carboxylic acids is 1. The largest absolute Gasteiger partial charge is 0.504 e. The van der Waals surface area contributed by atoms with Crippen molar-refractivity contribution < 1.29 is 24.1 Å². The minimum absolute atomic E-state index is 0.0239.